The number of aromatic nitrogens is 4. The fraction of sp³-hybridized carbons (Fsp3) is 0.417. The molecule has 1 atom stereocenters. The minimum Gasteiger partial charge on any atom is -0.347 e. The van der Waals surface area contributed by atoms with Gasteiger partial charge in [0.25, 0.3) is 0 Å². The van der Waals surface area contributed by atoms with E-state index in [2.05, 4.69) is 9.97 Å². The van der Waals surface area contributed by atoms with E-state index in [4.69, 9.17) is 4.98 Å². The molecule has 8 heteroatoms. The van der Waals surface area contributed by atoms with Crippen molar-refractivity contribution in [2.75, 3.05) is 32.1 Å². The van der Waals surface area contributed by atoms with Crippen LogP contribution in [0, 0.1) is 12.7 Å². The van der Waals surface area contributed by atoms with Crippen LogP contribution in [0.3, 0.4) is 0 Å². The monoisotopic (exact) mass is 436 g/mol. The first-order chi connectivity index (χ1) is 15.4. The van der Waals surface area contributed by atoms with Gasteiger partial charge in [0, 0.05) is 75.8 Å². The van der Waals surface area contributed by atoms with Crippen LogP contribution in [0.1, 0.15) is 36.7 Å². The molecule has 0 radical (unpaired) electrons. The third kappa shape index (κ3) is 4.64. The van der Waals surface area contributed by atoms with Crippen molar-refractivity contribution in [1.29, 1.82) is 0 Å². The molecule has 3 heterocycles. The SMILES string of the molecule is Cc1nccn1CCC(=O)N1CCC[C@@H](c2nc(N(C)C)ncc2-c2ccccc2F)C1. The van der Waals surface area contributed by atoms with Crippen molar-refractivity contribution in [3.63, 3.8) is 0 Å². The van der Waals surface area contributed by atoms with Gasteiger partial charge in [-0.15, -0.1) is 0 Å². The predicted octanol–water partition coefficient (Wildman–Crippen LogP) is 3.65. The lowest BCUT2D eigenvalue weighted by molar-refractivity contribution is -0.132. The Labute approximate surface area is 187 Å². The number of aryl methyl sites for hydroxylation is 2. The van der Waals surface area contributed by atoms with Crippen molar-refractivity contribution in [3.05, 3.63) is 60.2 Å². The van der Waals surface area contributed by atoms with Crippen LogP contribution in [-0.2, 0) is 11.3 Å². The number of rotatable bonds is 6. The van der Waals surface area contributed by atoms with Gasteiger partial charge in [0.15, 0.2) is 0 Å². The Balaban J connectivity index is 1.58. The van der Waals surface area contributed by atoms with E-state index in [0.717, 1.165) is 30.9 Å². The summed E-state index contributed by atoms with van der Waals surface area (Å²) in [5, 5.41) is 0. The van der Waals surface area contributed by atoms with Crippen molar-refractivity contribution in [3.8, 4) is 11.1 Å². The van der Waals surface area contributed by atoms with Gasteiger partial charge in [-0.1, -0.05) is 18.2 Å². The van der Waals surface area contributed by atoms with E-state index in [0.29, 0.717) is 36.6 Å². The molecule has 0 bridgehead atoms. The fourth-order valence-corrected chi connectivity index (χ4v) is 4.24. The topological polar surface area (TPSA) is 67.2 Å². The van der Waals surface area contributed by atoms with Crippen molar-refractivity contribution in [2.45, 2.75) is 38.6 Å². The number of carbonyl (C=O) groups is 1. The molecule has 1 saturated heterocycles. The van der Waals surface area contributed by atoms with Gasteiger partial charge < -0.3 is 14.4 Å². The number of hydrogen-bond donors (Lipinski definition) is 0. The summed E-state index contributed by atoms with van der Waals surface area (Å²) in [6, 6.07) is 6.70. The minimum absolute atomic E-state index is 0.0268. The largest absolute Gasteiger partial charge is 0.347 e. The van der Waals surface area contributed by atoms with Crippen molar-refractivity contribution >= 4 is 11.9 Å². The van der Waals surface area contributed by atoms with Gasteiger partial charge in [0.1, 0.15) is 11.6 Å². The van der Waals surface area contributed by atoms with Crippen LogP contribution in [0.4, 0.5) is 10.3 Å². The van der Waals surface area contributed by atoms with Crippen molar-refractivity contribution in [1.82, 2.24) is 24.4 Å². The van der Waals surface area contributed by atoms with Crippen LogP contribution < -0.4 is 4.90 Å². The van der Waals surface area contributed by atoms with Gasteiger partial charge in [0.05, 0.1) is 5.69 Å². The van der Waals surface area contributed by atoms with Gasteiger partial charge in [-0.3, -0.25) is 4.79 Å². The third-order valence-electron chi connectivity index (χ3n) is 6.02. The first-order valence-corrected chi connectivity index (χ1v) is 11.0. The molecule has 0 saturated carbocycles. The normalized spacial score (nSPS) is 16.2. The number of imidazole rings is 1. The molecular weight excluding hydrogens is 407 g/mol. The van der Waals surface area contributed by atoms with E-state index in [-0.39, 0.29) is 17.6 Å². The third-order valence-corrected chi connectivity index (χ3v) is 6.02. The van der Waals surface area contributed by atoms with Crippen molar-refractivity contribution < 1.29 is 9.18 Å². The maximum Gasteiger partial charge on any atom is 0.225 e. The van der Waals surface area contributed by atoms with E-state index >= 15 is 0 Å². The minimum atomic E-state index is -0.297. The summed E-state index contributed by atoms with van der Waals surface area (Å²) in [5.41, 5.74) is 1.99. The molecule has 32 heavy (non-hydrogen) atoms. The average Bonchev–Trinajstić information content (AvgIpc) is 3.22. The molecule has 1 aliphatic rings. The maximum atomic E-state index is 14.6. The molecule has 1 fully saturated rings. The molecule has 0 spiro atoms. The first kappa shape index (κ1) is 21.9. The van der Waals surface area contributed by atoms with Crippen LogP contribution in [0.5, 0.6) is 0 Å². The molecule has 0 aliphatic carbocycles. The standard InChI is InChI=1S/C24H29FN6O/c1-17-26-11-14-30(17)13-10-22(32)31-12-6-7-18(16-31)23-20(15-27-24(28-23)29(2)3)19-8-4-5-9-21(19)25/h4-5,8-9,11,14-15,18H,6-7,10,12-13,16H2,1-3H3/t18-/m1/s1. The fourth-order valence-electron chi connectivity index (χ4n) is 4.24. The summed E-state index contributed by atoms with van der Waals surface area (Å²) in [7, 11) is 3.77. The summed E-state index contributed by atoms with van der Waals surface area (Å²) in [5.74, 6) is 1.34. The van der Waals surface area contributed by atoms with Gasteiger partial charge >= 0.3 is 0 Å². The second kappa shape index (κ2) is 9.46. The number of carbonyl (C=O) groups excluding carboxylic acids is 1. The lowest BCUT2D eigenvalue weighted by Crippen LogP contribution is -2.39. The molecule has 2 aromatic heterocycles. The molecule has 1 amide bonds. The Morgan fingerprint density at radius 1 is 1.22 bits per heavy atom. The number of amides is 1. The Bertz CT molecular complexity index is 1100. The Hall–Kier alpha value is -3.29. The molecule has 168 valence electrons. The number of likely N-dealkylation sites (tertiary alicyclic amines) is 1. The van der Waals surface area contributed by atoms with E-state index < -0.39 is 0 Å². The molecular formula is C24H29FN6O. The summed E-state index contributed by atoms with van der Waals surface area (Å²) in [4.78, 5) is 30.2. The Kier molecular flexibility index (Phi) is 6.48. The number of nitrogens with zero attached hydrogens (tertiary/aromatic N) is 6. The van der Waals surface area contributed by atoms with Gasteiger partial charge in [-0.25, -0.2) is 19.3 Å². The Morgan fingerprint density at radius 3 is 2.75 bits per heavy atom. The van der Waals surface area contributed by atoms with Crippen molar-refractivity contribution in [2.24, 2.45) is 0 Å². The molecule has 7 nitrogen and oxygen atoms in total. The second-order valence-electron chi connectivity index (χ2n) is 8.44. The quantitative estimate of drug-likeness (QED) is 0.590. The molecule has 3 aromatic rings. The van der Waals surface area contributed by atoms with E-state index in [1.165, 1.54) is 6.07 Å². The number of hydrogen-bond acceptors (Lipinski definition) is 5. The average molecular weight is 437 g/mol. The lowest BCUT2D eigenvalue weighted by Gasteiger charge is -2.33. The van der Waals surface area contributed by atoms with Gasteiger partial charge in [-0.05, 0) is 25.8 Å². The zero-order valence-corrected chi connectivity index (χ0v) is 18.8. The number of anilines is 1. The summed E-state index contributed by atoms with van der Waals surface area (Å²) < 4.78 is 16.6. The molecule has 1 aromatic carbocycles. The van der Waals surface area contributed by atoms with Crippen LogP contribution in [0.2, 0.25) is 0 Å². The highest BCUT2D eigenvalue weighted by Gasteiger charge is 2.28. The summed E-state index contributed by atoms with van der Waals surface area (Å²) in [6.45, 7) is 3.86. The smallest absolute Gasteiger partial charge is 0.225 e. The van der Waals surface area contributed by atoms with Crippen LogP contribution in [0.25, 0.3) is 11.1 Å². The van der Waals surface area contributed by atoms with Crippen LogP contribution in [-0.4, -0.2) is 57.5 Å². The van der Waals surface area contributed by atoms with Gasteiger partial charge in [0.2, 0.25) is 11.9 Å². The highest BCUT2D eigenvalue weighted by atomic mass is 19.1. The molecule has 1 aliphatic heterocycles. The summed E-state index contributed by atoms with van der Waals surface area (Å²) in [6.07, 6.45) is 7.56. The van der Waals surface area contributed by atoms with Gasteiger partial charge in [-0.2, -0.15) is 0 Å². The first-order valence-electron chi connectivity index (χ1n) is 11.0. The predicted molar refractivity (Wildman–Crippen MR) is 122 cm³/mol. The van der Waals surface area contributed by atoms with E-state index in [1.54, 1.807) is 24.5 Å². The molecule has 0 unspecified atom stereocenters. The molecule has 4 rings (SSSR count). The van der Waals surface area contributed by atoms with Crippen LogP contribution in [0.15, 0.2) is 42.9 Å². The van der Waals surface area contributed by atoms with Crippen LogP contribution >= 0.6 is 0 Å². The maximum absolute atomic E-state index is 14.6. The Morgan fingerprint density at radius 2 is 2.03 bits per heavy atom. The number of piperidine rings is 1. The zero-order chi connectivity index (χ0) is 22.7. The zero-order valence-electron chi connectivity index (χ0n) is 18.8. The summed E-state index contributed by atoms with van der Waals surface area (Å²) >= 11 is 0. The number of benzene rings is 1. The van der Waals surface area contributed by atoms with E-state index in [1.807, 2.05) is 47.6 Å². The highest BCUT2D eigenvalue weighted by Crippen LogP contribution is 2.35. The number of halogens is 1. The highest BCUT2D eigenvalue weighted by molar-refractivity contribution is 5.76. The molecule has 0 N–H and O–H groups in total. The lowest BCUT2D eigenvalue weighted by atomic mass is 9.89. The van der Waals surface area contributed by atoms with E-state index in [9.17, 15) is 9.18 Å². The second-order valence-corrected chi connectivity index (χ2v) is 8.44.